The van der Waals surface area contributed by atoms with Crippen LogP contribution < -0.4 is 20.2 Å². The monoisotopic (exact) mass is 327 g/mol. The van der Waals surface area contributed by atoms with Gasteiger partial charge in [0, 0.05) is 17.3 Å². The van der Waals surface area contributed by atoms with E-state index < -0.39 is 11.8 Å². The van der Waals surface area contributed by atoms with E-state index in [1.807, 2.05) is 6.07 Å². The van der Waals surface area contributed by atoms with Gasteiger partial charge in [-0.15, -0.1) is 0 Å². The Hall–Kier alpha value is -3.35. The maximum absolute atomic E-state index is 11.7. The number of nitrogens with one attached hydrogen (secondary N) is 2. The molecule has 2 aromatic rings. The Morgan fingerprint density at radius 3 is 2.42 bits per heavy atom. The molecule has 0 saturated carbocycles. The molecule has 2 aromatic carbocycles. The van der Waals surface area contributed by atoms with Gasteiger partial charge in [0.15, 0.2) is 0 Å². The van der Waals surface area contributed by atoms with Gasteiger partial charge in [-0.3, -0.25) is 9.59 Å². The number of methoxy groups -OCH3 is 2. The van der Waals surface area contributed by atoms with Crippen LogP contribution in [0.3, 0.4) is 0 Å². The number of amides is 2. The second kappa shape index (κ2) is 8.33. The molecule has 0 unspecified atom stereocenters. The molecule has 0 aliphatic rings. The summed E-state index contributed by atoms with van der Waals surface area (Å²) in [5.41, 5.74) is 3.32. The normalized spacial score (nSPS) is 10.2. The van der Waals surface area contributed by atoms with Crippen molar-refractivity contribution >= 4 is 23.7 Å². The molecule has 0 spiro atoms. The van der Waals surface area contributed by atoms with Gasteiger partial charge < -0.3 is 14.8 Å². The molecule has 0 radical (unpaired) electrons. The van der Waals surface area contributed by atoms with Crippen LogP contribution in [0.4, 0.5) is 5.69 Å². The van der Waals surface area contributed by atoms with Crippen molar-refractivity contribution in [2.45, 2.75) is 0 Å². The van der Waals surface area contributed by atoms with Gasteiger partial charge in [0.25, 0.3) is 0 Å². The van der Waals surface area contributed by atoms with Crippen molar-refractivity contribution in [1.29, 1.82) is 0 Å². The molecule has 124 valence electrons. The Labute approximate surface area is 139 Å². The zero-order valence-electron chi connectivity index (χ0n) is 13.3. The minimum absolute atomic E-state index is 0.526. The SMILES string of the molecule is COc1ccc(/C=N\NC(=O)C(=O)Nc2ccccc2)c(OC)c1. The molecule has 2 N–H and O–H groups in total. The Morgan fingerprint density at radius 1 is 1.00 bits per heavy atom. The van der Waals surface area contributed by atoms with Crippen LogP contribution >= 0.6 is 0 Å². The summed E-state index contributed by atoms with van der Waals surface area (Å²) < 4.78 is 10.3. The van der Waals surface area contributed by atoms with E-state index in [0.29, 0.717) is 22.7 Å². The lowest BCUT2D eigenvalue weighted by Gasteiger charge is -2.07. The first-order chi connectivity index (χ1) is 11.6. The molecule has 2 rings (SSSR count). The Morgan fingerprint density at radius 2 is 1.75 bits per heavy atom. The zero-order chi connectivity index (χ0) is 17.4. The van der Waals surface area contributed by atoms with Crippen LogP contribution in [0.2, 0.25) is 0 Å². The van der Waals surface area contributed by atoms with Crippen LogP contribution in [0.1, 0.15) is 5.56 Å². The van der Waals surface area contributed by atoms with E-state index in [0.717, 1.165) is 0 Å². The molecule has 0 fully saturated rings. The molecule has 0 heterocycles. The van der Waals surface area contributed by atoms with Gasteiger partial charge in [0.2, 0.25) is 0 Å². The van der Waals surface area contributed by atoms with E-state index in [1.54, 1.807) is 49.6 Å². The second-order valence-electron chi connectivity index (χ2n) is 4.63. The summed E-state index contributed by atoms with van der Waals surface area (Å²) in [4.78, 5) is 23.4. The highest BCUT2D eigenvalue weighted by Gasteiger charge is 2.12. The van der Waals surface area contributed by atoms with Crippen LogP contribution in [0.15, 0.2) is 53.6 Å². The molecule has 0 bridgehead atoms. The van der Waals surface area contributed by atoms with Crippen LogP contribution in [0.25, 0.3) is 0 Å². The summed E-state index contributed by atoms with van der Waals surface area (Å²) in [6, 6.07) is 13.8. The van der Waals surface area contributed by atoms with E-state index in [2.05, 4.69) is 15.8 Å². The summed E-state index contributed by atoms with van der Waals surface area (Å²) in [6.07, 6.45) is 1.38. The zero-order valence-corrected chi connectivity index (χ0v) is 13.3. The smallest absolute Gasteiger partial charge is 0.329 e. The first-order valence-electron chi connectivity index (χ1n) is 7.05. The Bertz CT molecular complexity index is 745. The average molecular weight is 327 g/mol. The van der Waals surface area contributed by atoms with Crippen molar-refractivity contribution in [2.24, 2.45) is 5.10 Å². The van der Waals surface area contributed by atoms with E-state index in [1.165, 1.54) is 13.3 Å². The third kappa shape index (κ3) is 4.57. The number of rotatable bonds is 5. The number of nitrogens with zero attached hydrogens (tertiary/aromatic N) is 1. The minimum atomic E-state index is -0.873. The predicted molar refractivity (Wildman–Crippen MR) is 90.4 cm³/mol. The maximum Gasteiger partial charge on any atom is 0.329 e. The van der Waals surface area contributed by atoms with Crippen molar-refractivity contribution in [3.8, 4) is 11.5 Å². The van der Waals surface area contributed by atoms with Gasteiger partial charge in [0.05, 0.1) is 20.4 Å². The third-order valence-corrected chi connectivity index (χ3v) is 3.05. The number of hydrazone groups is 1. The lowest BCUT2D eigenvalue weighted by atomic mass is 10.2. The van der Waals surface area contributed by atoms with Gasteiger partial charge in [-0.1, -0.05) is 18.2 Å². The quantitative estimate of drug-likeness (QED) is 0.498. The van der Waals surface area contributed by atoms with E-state index in [4.69, 9.17) is 9.47 Å². The number of para-hydroxylation sites is 1. The molecule has 0 atom stereocenters. The summed E-state index contributed by atoms with van der Waals surface area (Å²) in [5, 5.41) is 6.22. The van der Waals surface area contributed by atoms with Crippen molar-refractivity contribution in [3.63, 3.8) is 0 Å². The van der Waals surface area contributed by atoms with Crippen LogP contribution in [-0.2, 0) is 9.59 Å². The highest BCUT2D eigenvalue weighted by Crippen LogP contribution is 2.22. The first-order valence-corrected chi connectivity index (χ1v) is 7.05. The summed E-state index contributed by atoms with van der Waals surface area (Å²) >= 11 is 0. The topological polar surface area (TPSA) is 89.0 Å². The van der Waals surface area contributed by atoms with Gasteiger partial charge in [-0.25, -0.2) is 5.43 Å². The lowest BCUT2D eigenvalue weighted by Crippen LogP contribution is -2.32. The van der Waals surface area contributed by atoms with Crippen molar-refractivity contribution in [1.82, 2.24) is 5.43 Å². The highest BCUT2D eigenvalue weighted by molar-refractivity contribution is 6.39. The van der Waals surface area contributed by atoms with Crippen LogP contribution in [0.5, 0.6) is 11.5 Å². The molecule has 0 aliphatic carbocycles. The van der Waals surface area contributed by atoms with Gasteiger partial charge in [0.1, 0.15) is 11.5 Å². The fourth-order valence-electron chi connectivity index (χ4n) is 1.85. The number of ether oxygens (including phenoxy) is 2. The molecular weight excluding hydrogens is 310 g/mol. The number of carbonyl (C=O) groups is 2. The van der Waals surface area contributed by atoms with Gasteiger partial charge in [-0.2, -0.15) is 5.10 Å². The summed E-state index contributed by atoms with van der Waals surface area (Å²) in [6.45, 7) is 0. The van der Waals surface area contributed by atoms with Crippen LogP contribution in [0, 0.1) is 0 Å². The number of benzene rings is 2. The molecular formula is C17H17N3O4. The van der Waals surface area contributed by atoms with Crippen molar-refractivity contribution in [3.05, 3.63) is 54.1 Å². The van der Waals surface area contributed by atoms with E-state index >= 15 is 0 Å². The fourth-order valence-corrected chi connectivity index (χ4v) is 1.85. The summed E-state index contributed by atoms with van der Waals surface area (Å²) in [7, 11) is 3.06. The standard InChI is InChI=1S/C17H17N3O4/c1-23-14-9-8-12(15(10-14)24-2)11-18-20-17(22)16(21)19-13-6-4-3-5-7-13/h3-11H,1-2H3,(H,19,21)(H,20,22)/b18-11-. The molecule has 24 heavy (non-hydrogen) atoms. The van der Waals surface area contributed by atoms with E-state index in [9.17, 15) is 9.59 Å². The number of carbonyl (C=O) groups excluding carboxylic acids is 2. The predicted octanol–water partition coefficient (Wildman–Crippen LogP) is 1.79. The van der Waals surface area contributed by atoms with Crippen molar-refractivity contribution < 1.29 is 19.1 Å². The number of hydrogen-bond donors (Lipinski definition) is 2. The molecule has 7 nitrogen and oxygen atoms in total. The second-order valence-corrected chi connectivity index (χ2v) is 4.63. The summed E-state index contributed by atoms with van der Waals surface area (Å²) in [5.74, 6) is -0.515. The molecule has 0 aliphatic heterocycles. The molecule has 0 saturated heterocycles. The Balaban J connectivity index is 1.96. The molecule has 7 heteroatoms. The van der Waals surface area contributed by atoms with Crippen molar-refractivity contribution in [2.75, 3.05) is 19.5 Å². The largest absolute Gasteiger partial charge is 0.497 e. The number of anilines is 1. The van der Waals surface area contributed by atoms with E-state index in [-0.39, 0.29) is 0 Å². The maximum atomic E-state index is 11.7. The first kappa shape index (κ1) is 17.0. The fraction of sp³-hybridized carbons (Fsp3) is 0.118. The lowest BCUT2D eigenvalue weighted by molar-refractivity contribution is -0.136. The third-order valence-electron chi connectivity index (χ3n) is 3.05. The molecule has 2 amide bonds. The van der Waals surface area contributed by atoms with Crippen LogP contribution in [-0.4, -0.2) is 32.2 Å². The average Bonchev–Trinajstić information content (AvgIpc) is 2.62. The molecule has 0 aromatic heterocycles. The van der Waals surface area contributed by atoms with Gasteiger partial charge >= 0.3 is 11.8 Å². The Kier molecular flexibility index (Phi) is 5.90. The highest BCUT2D eigenvalue weighted by atomic mass is 16.5. The minimum Gasteiger partial charge on any atom is -0.497 e. The van der Waals surface area contributed by atoms with Gasteiger partial charge in [-0.05, 0) is 24.3 Å². The number of hydrogen-bond acceptors (Lipinski definition) is 5.